The predicted octanol–water partition coefficient (Wildman–Crippen LogP) is 0.440. The number of thioether (sulfide) groups is 1. The smallest absolute Gasteiger partial charge is 0.240 e. The maximum absolute atomic E-state index is 11.5. The normalized spacial score (nSPS) is 23.9. The van der Waals surface area contributed by atoms with E-state index >= 15 is 0 Å². The summed E-state index contributed by atoms with van der Waals surface area (Å²) >= 11 is 2.00. The van der Waals surface area contributed by atoms with Gasteiger partial charge in [0.1, 0.15) is 0 Å². The van der Waals surface area contributed by atoms with E-state index in [1.54, 1.807) is 0 Å². The number of amides is 1. The van der Waals surface area contributed by atoms with E-state index in [1.807, 2.05) is 25.6 Å². The fourth-order valence-corrected chi connectivity index (χ4v) is 2.94. The van der Waals surface area contributed by atoms with Crippen molar-refractivity contribution >= 4 is 17.7 Å². The van der Waals surface area contributed by atoms with Crippen LogP contribution < -0.4 is 11.3 Å². The predicted molar refractivity (Wildman–Crippen MR) is 64.5 cm³/mol. The van der Waals surface area contributed by atoms with Crippen molar-refractivity contribution in [3.05, 3.63) is 0 Å². The Morgan fingerprint density at radius 3 is 2.87 bits per heavy atom. The second-order valence-electron chi connectivity index (χ2n) is 4.77. The summed E-state index contributed by atoms with van der Waals surface area (Å²) in [6.45, 7) is 9.00. The number of rotatable bonds is 3. The van der Waals surface area contributed by atoms with Crippen LogP contribution in [0, 0.1) is 5.41 Å². The number of carbonyl (C=O) groups excluding carboxylic acids is 1. The first-order chi connectivity index (χ1) is 6.95. The van der Waals surface area contributed by atoms with Gasteiger partial charge in [-0.05, 0) is 13.8 Å². The van der Waals surface area contributed by atoms with Crippen LogP contribution >= 0.6 is 11.8 Å². The first kappa shape index (κ1) is 12.8. The van der Waals surface area contributed by atoms with Gasteiger partial charge >= 0.3 is 0 Å². The number of carbonyl (C=O) groups is 1. The lowest BCUT2D eigenvalue weighted by Crippen LogP contribution is -2.49. The van der Waals surface area contributed by atoms with Gasteiger partial charge in [0.15, 0.2) is 0 Å². The molecule has 0 bridgehead atoms. The Labute approximate surface area is 95.9 Å². The van der Waals surface area contributed by atoms with Crippen molar-refractivity contribution in [2.75, 3.05) is 25.4 Å². The van der Waals surface area contributed by atoms with E-state index in [1.165, 1.54) is 0 Å². The van der Waals surface area contributed by atoms with Crippen molar-refractivity contribution in [2.24, 2.45) is 11.3 Å². The molecule has 1 aliphatic heterocycles. The molecule has 1 heterocycles. The van der Waals surface area contributed by atoms with Gasteiger partial charge in [0.05, 0.1) is 5.41 Å². The monoisotopic (exact) mass is 231 g/mol. The minimum atomic E-state index is -0.406. The molecule has 15 heavy (non-hydrogen) atoms. The first-order valence-electron chi connectivity index (χ1n) is 5.31. The van der Waals surface area contributed by atoms with E-state index in [-0.39, 0.29) is 5.91 Å². The van der Waals surface area contributed by atoms with Crippen molar-refractivity contribution in [1.82, 2.24) is 10.3 Å². The summed E-state index contributed by atoms with van der Waals surface area (Å²) in [4.78, 5) is 13.9. The molecule has 4 nitrogen and oxygen atoms in total. The zero-order valence-corrected chi connectivity index (χ0v) is 10.6. The molecule has 1 fully saturated rings. The standard InChI is InChI=1S/C10H21N3OS/c1-8-6-13(4-5-15-8)7-10(2,3)9(14)12-11/h8H,4-7,11H2,1-3H3,(H,12,14). The van der Waals surface area contributed by atoms with Gasteiger partial charge in [-0.3, -0.25) is 10.2 Å². The number of hydrogen-bond acceptors (Lipinski definition) is 4. The summed E-state index contributed by atoms with van der Waals surface area (Å²) in [6.07, 6.45) is 0. The van der Waals surface area contributed by atoms with E-state index in [4.69, 9.17) is 5.84 Å². The van der Waals surface area contributed by atoms with Crippen molar-refractivity contribution in [2.45, 2.75) is 26.0 Å². The van der Waals surface area contributed by atoms with Crippen LogP contribution in [0.4, 0.5) is 0 Å². The molecule has 1 rings (SSSR count). The number of hydrazine groups is 1. The van der Waals surface area contributed by atoms with E-state index in [9.17, 15) is 4.79 Å². The van der Waals surface area contributed by atoms with Gasteiger partial charge < -0.3 is 4.90 Å². The molecule has 88 valence electrons. The lowest BCUT2D eigenvalue weighted by Gasteiger charge is -2.35. The maximum atomic E-state index is 11.5. The van der Waals surface area contributed by atoms with Gasteiger partial charge in [-0.25, -0.2) is 5.84 Å². The molecule has 3 N–H and O–H groups in total. The van der Waals surface area contributed by atoms with Gasteiger partial charge in [0.2, 0.25) is 5.91 Å². The molecule has 0 saturated carbocycles. The minimum absolute atomic E-state index is 0.0895. The second kappa shape index (κ2) is 5.18. The van der Waals surface area contributed by atoms with Crippen LogP contribution in [0.2, 0.25) is 0 Å². The molecule has 5 heteroatoms. The third kappa shape index (κ3) is 3.66. The zero-order valence-electron chi connectivity index (χ0n) is 9.75. The summed E-state index contributed by atoms with van der Waals surface area (Å²) in [7, 11) is 0. The molecule has 1 amide bonds. The van der Waals surface area contributed by atoms with E-state index in [0.29, 0.717) is 5.25 Å². The molecule has 1 aliphatic rings. The van der Waals surface area contributed by atoms with Crippen LogP contribution in [0.25, 0.3) is 0 Å². The van der Waals surface area contributed by atoms with Gasteiger partial charge in [0.25, 0.3) is 0 Å². The summed E-state index contributed by atoms with van der Waals surface area (Å²) in [5, 5.41) is 0.662. The van der Waals surface area contributed by atoms with Crippen molar-refractivity contribution in [3.63, 3.8) is 0 Å². The topological polar surface area (TPSA) is 58.4 Å². The number of hydrogen-bond donors (Lipinski definition) is 2. The van der Waals surface area contributed by atoms with Gasteiger partial charge in [0, 0.05) is 30.6 Å². The third-order valence-electron chi connectivity index (χ3n) is 2.69. The molecule has 0 aromatic carbocycles. The molecule has 0 aromatic heterocycles. The van der Waals surface area contributed by atoms with Crippen LogP contribution in [0.15, 0.2) is 0 Å². The van der Waals surface area contributed by atoms with Crippen molar-refractivity contribution in [3.8, 4) is 0 Å². The quantitative estimate of drug-likeness (QED) is 0.420. The van der Waals surface area contributed by atoms with Crippen LogP contribution in [-0.4, -0.2) is 41.4 Å². The number of nitrogens with one attached hydrogen (secondary N) is 1. The summed E-state index contributed by atoms with van der Waals surface area (Å²) in [5.74, 6) is 6.23. The van der Waals surface area contributed by atoms with Crippen LogP contribution in [-0.2, 0) is 4.79 Å². The molecule has 0 radical (unpaired) electrons. The zero-order chi connectivity index (χ0) is 11.5. The van der Waals surface area contributed by atoms with Gasteiger partial charge in [-0.15, -0.1) is 0 Å². The highest BCUT2D eigenvalue weighted by atomic mass is 32.2. The van der Waals surface area contributed by atoms with Crippen LogP contribution in [0.3, 0.4) is 0 Å². The van der Waals surface area contributed by atoms with Crippen molar-refractivity contribution < 1.29 is 4.79 Å². The SMILES string of the molecule is CC1CN(CC(C)(C)C(=O)NN)CCS1. The minimum Gasteiger partial charge on any atom is -0.300 e. The third-order valence-corrected chi connectivity index (χ3v) is 3.83. The molecule has 0 spiro atoms. The average Bonchev–Trinajstić information content (AvgIpc) is 2.15. The molecule has 0 aromatic rings. The Balaban J connectivity index is 2.49. The molecule has 0 aliphatic carbocycles. The maximum Gasteiger partial charge on any atom is 0.240 e. The number of nitrogens with two attached hydrogens (primary N) is 1. The summed E-state index contributed by atoms with van der Waals surface area (Å²) < 4.78 is 0. The van der Waals surface area contributed by atoms with Crippen LogP contribution in [0.1, 0.15) is 20.8 Å². The Bertz CT molecular complexity index is 233. The molecule has 1 unspecified atom stereocenters. The van der Waals surface area contributed by atoms with E-state index in [2.05, 4.69) is 17.2 Å². The Kier molecular flexibility index (Phi) is 4.43. The lowest BCUT2D eigenvalue weighted by molar-refractivity contribution is -0.130. The fourth-order valence-electron chi connectivity index (χ4n) is 1.86. The summed E-state index contributed by atoms with van der Waals surface area (Å²) in [5.41, 5.74) is 1.83. The first-order valence-corrected chi connectivity index (χ1v) is 6.35. The Hall–Kier alpha value is -0.260. The Morgan fingerprint density at radius 2 is 2.33 bits per heavy atom. The van der Waals surface area contributed by atoms with Crippen molar-refractivity contribution in [1.29, 1.82) is 0 Å². The number of nitrogens with zero attached hydrogens (tertiary/aromatic N) is 1. The fraction of sp³-hybridized carbons (Fsp3) is 0.900. The van der Waals surface area contributed by atoms with Gasteiger partial charge in [-0.1, -0.05) is 6.92 Å². The molecule has 1 saturated heterocycles. The molecule has 1 atom stereocenters. The molecular formula is C10H21N3OS. The van der Waals surface area contributed by atoms with E-state index in [0.717, 1.165) is 25.4 Å². The highest BCUT2D eigenvalue weighted by Gasteiger charge is 2.31. The molecular weight excluding hydrogens is 210 g/mol. The highest BCUT2D eigenvalue weighted by Crippen LogP contribution is 2.23. The average molecular weight is 231 g/mol. The highest BCUT2D eigenvalue weighted by molar-refractivity contribution is 7.99. The van der Waals surface area contributed by atoms with E-state index < -0.39 is 5.41 Å². The van der Waals surface area contributed by atoms with Gasteiger partial charge in [-0.2, -0.15) is 11.8 Å². The van der Waals surface area contributed by atoms with Crippen LogP contribution in [0.5, 0.6) is 0 Å². The summed E-state index contributed by atoms with van der Waals surface area (Å²) in [6, 6.07) is 0. The lowest BCUT2D eigenvalue weighted by atomic mass is 9.91. The largest absolute Gasteiger partial charge is 0.300 e. The second-order valence-corrected chi connectivity index (χ2v) is 6.32. The Morgan fingerprint density at radius 1 is 1.67 bits per heavy atom.